The van der Waals surface area contributed by atoms with Gasteiger partial charge in [-0.05, 0) is 35.4 Å². The third-order valence-electron chi connectivity index (χ3n) is 4.78. The van der Waals surface area contributed by atoms with Gasteiger partial charge in [-0.15, -0.1) is 13.2 Å². The highest BCUT2D eigenvalue weighted by Crippen LogP contribution is 2.09. The molecule has 1 aliphatic heterocycles. The smallest absolute Gasteiger partial charge is 0.237 e. The summed E-state index contributed by atoms with van der Waals surface area (Å²) < 4.78 is 39.2. The Hall–Kier alpha value is -3.13. The minimum absolute atomic E-state index is 0.0878. The number of benzene rings is 2. The van der Waals surface area contributed by atoms with Crippen LogP contribution in [-0.4, -0.2) is 54.8 Å². The molecule has 1 saturated heterocycles. The van der Waals surface area contributed by atoms with Gasteiger partial charge in [-0.2, -0.15) is 0 Å². The fraction of sp³-hybridized carbons (Fsp3) is 0.304. The molecule has 1 amide bonds. The largest absolute Gasteiger partial charge is 0.360 e. The van der Waals surface area contributed by atoms with Crippen molar-refractivity contribution in [3.63, 3.8) is 0 Å². The third kappa shape index (κ3) is 7.25. The van der Waals surface area contributed by atoms with Crippen LogP contribution in [0.2, 0.25) is 0 Å². The minimum Gasteiger partial charge on any atom is -0.360 e. The highest BCUT2D eigenvalue weighted by Gasteiger charge is 2.23. The molecule has 5 nitrogen and oxygen atoms in total. The van der Waals surface area contributed by atoms with Crippen molar-refractivity contribution < 1.29 is 18.0 Å². The van der Waals surface area contributed by atoms with Gasteiger partial charge in [0.25, 0.3) is 0 Å². The second-order valence-corrected chi connectivity index (χ2v) is 6.95. The van der Waals surface area contributed by atoms with E-state index in [0.717, 1.165) is 23.5 Å². The molecule has 1 fully saturated rings. The van der Waals surface area contributed by atoms with E-state index in [1.54, 1.807) is 17.0 Å². The topological polar surface area (TPSA) is 47.9 Å². The number of hydrogen-bond donors (Lipinski definition) is 1. The molecule has 1 aliphatic rings. The lowest BCUT2D eigenvalue weighted by atomic mass is 10.2. The van der Waals surface area contributed by atoms with Gasteiger partial charge in [0.05, 0.1) is 19.6 Å². The van der Waals surface area contributed by atoms with E-state index in [4.69, 9.17) is 0 Å². The number of rotatable bonds is 6. The fourth-order valence-corrected chi connectivity index (χ4v) is 3.00. The number of carbonyl (C=O) groups is 1. The number of nitrogens with zero attached hydrogens (tertiary/aromatic N) is 3. The molecule has 2 aromatic carbocycles. The average molecular weight is 432 g/mol. The summed E-state index contributed by atoms with van der Waals surface area (Å²) >= 11 is 0. The molecular formula is C23H27F3N4O. The second-order valence-electron chi connectivity index (χ2n) is 6.95. The van der Waals surface area contributed by atoms with Gasteiger partial charge in [-0.1, -0.05) is 18.2 Å². The number of piperazine rings is 1. The highest BCUT2D eigenvalue weighted by atomic mass is 19.2. The first kappa shape index (κ1) is 24.1. The van der Waals surface area contributed by atoms with Crippen LogP contribution in [0, 0.1) is 17.5 Å². The van der Waals surface area contributed by atoms with Gasteiger partial charge in [-0.3, -0.25) is 9.79 Å². The van der Waals surface area contributed by atoms with Gasteiger partial charge in [-0.25, -0.2) is 13.2 Å². The maximum absolute atomic E-state index is 13.2. The molecule has 31 heavy (non-hydrogen) atoms. The molecule has 1 N–H and O–H groups in total. The van der Waals surface area contributed by atoms with Crippen LogP contribution in [-0.2, 0) is 17.9 Å². The molecule has 0 spiro atoms. The summed E-state index contributed by atoms with van der Waals surface area (Å²) in [5, 5.41) is 2.97. The van der Waals surface area contributed by atoms with Gasteiger partial charge in [0.2, 0.25) is 5.91 Å². The number of nitrogens with one attached hydrogen (secondary N) is 1. The van der Waals surface area contributed by atoms with Crippen LogP contribution in [0.25, 0.3) is 0 Å². The average Bonchev–Trinajstić information content (AvgIpc) is 2.78. The van der Waals surface area contributed by atoms with Crippen molar-refractivity contribution in [2.45, 2.75) is 13.1 Å². The molecule has 0 unspecified atom stereocenters. The van der Waals surface area contributed by atoms with Crippen molar-refractivity contribution in [3.05, 3.63) is 84.2 Å². The lowest BCUT2D eigenvalue weighted by Crippen LogP contribution is -2.52. The molecule has 8 heteroatoms. The zero-order valence-corrected chi connectivity index (χ0v) is 17.6. The number of hydrogen-bond acceptors (Lipinski definition) is 3. The van der Waals surface area contributed by atoms with Crippen LogP contribution in [0.15, 0.2) is 60.6 Å². The molecule has 0 aromatic heterocycles. The molecule has 166 valence electrons. The van der Waals surface area contributed by atoms with Gasteiger partial charge >= 0.3 is 0 Å². The van der Waals surface area contributed by atoms with Crippen LogP contribution >= 0.6 is 0 Å². The normalized spacial score (nSPS) is 14.9. The van der Waals surface area contributed by atoms with Gasteiger partial charge in [0.1, 0.15) is 11.7 Å². The first-order chi connectivity index (χ1) is 14.9. The Morgan fingerprint density at radius 3 is 2.39 bits per heavy atom. The Balaban J connectivity index is 0.00000166. The maximum atomic E-state index is 13.2. The standard InChI is InChI=1S/C21H23F3N4O.C2H4/c1-27-8-9-28(14-20(27)26-12-15-2-5-17(22)6-3-15)21(29)13-25-11-16-4-7-18(23)19(24)10-16;1-2/h2-7,10,25H,8-9,11-14H2,1H3;1-2H2. The van der Waals surface area contributed by atoms with Crippen LogP contribution in [0.1, 0.15) is 11.1 Å². The van der Waals surface area contributed by atoms with Crippen molar-refractivity contribution in [3.8, 4) is 0 Å². The lowest BCUT2D eigenvalue weighted by molar-refractivity contribution is -0.130. The monoisotopic (exact) mass is 432 g/mol. The maximum Gasteiger partial charge on any atom is 0.237 e. The van der Waals surface area contributed by atoms with E-state index < -0.39 is 11.6 Å². The molecule has 0 bridgehead atoms. The van der Waals surface area contributed by atoms with Gasteiger partial charge in [0.15, 0.2) is 11.6 Å². The predicted octanol–water partition coefficient (Wildman–Crippen LogP) is 3.37. The predicted molar refractivity (Wildman–Crippen MR) is 116 cm³/mol. The van der Waals surface area contributed by atoms with Crippen molar-refractivity contribution in [2.24, 2.45) is 4.99 Å². The van der Waals surface area contributed by atoms with Crippen molar-refractivity contribution in [1.82, 2.24) is 15.1 Å². The number of aliphatic imine (C=N–C) groups is 1. The number of carbonyl (C=O) groups excluding carboxylic acids is 1. The zero-order valence-electron chi connectivity index (χ0n) is 17.6. The van der Waals surface area contributed by atoms with Crippen LogP contribution in [0.5, 0.6) is 0 Å². The third-order valence-corrected chi connectivity index (χ3v) is 4.78. The van der Waals surface area contributed by atoms with E-state index in [2.05, 4.69) is 23.5 Å². The van der Waals surface area contributed by atoms with Gasteiger partial charge < -0.3 is 15.1 Å². The molecule has 0 atom stereocenters. The first-order valence-corrected chi connectivity index (χ1v) is 9.83. The van der Waals surface area contributed by atoms with E-state index in [0.29, 0.717) is 31.7 Å². The Labute approximate surface area is 180 Å². The summed E-state index contributed by atoms with van der Waals surface area (Å²) in [7, 11) is 1.92. The summed E-state index contributed by atoms with van der Waals surface area (Å²) in [5.74, 6) is -1.39. The Kier molecular flexibility index (Phi) is 9.27. The van der Waals surface area contributed by atoms with Crippen LogP contribution < -0.4 is 5.32 Å². The number of amidine groups is 1. The summed E-state index contributed by atoms with van der Waals surface area (Å²) in [6.07, 6.45) is 0. The quantitative estimate of drug-likeness (QED) is 0.712. The lowest BCUT2D eigenvalue weighted by Gasteiger charge is -2.35. The Morgan fingerprint density at radius 1 is 1.03 bits per heavy atom. The van der Waals surface area contributed by atoms with E-state index >= 15 is 0 Å². The molecule has 2 aromatic rings. The SMILES string of the molecule is C=C.CN1CCN(C(=O)CNCc2ccc(F)c(F)c2)CC1=NCc1ccc(F)cc1. The molecule has 3 rings (SSSR count). The first-order valence-electron chi connectivity index (χ1n) is 9.83. The number of amides is 1. The van der Waals surface area contributed by atoms with Crippen molar-refractivity contribution in [1.29, 1.82) is 0 Å². The van der Waals surface area contributed by atoms with Gasteiger partial charge in [0, 0.05) is 26.7 Å². The minimum atomic E-state index is -0.906. The van der Waals surface area contributed by atoms with Crippen molar-refractivity contribution in [2.75, 3.05) is 33.2 Å². The molecule has 0 saturated carbocycles. The molecule has 1 heterocycles. The number of halogens is 3. The summed E-state index contributed by atoms with van der Waals surface area (Å²) in [5.41, 5.74) is 1.46. The van der Waals surface area contributed by atoms with Crippen LogP contribution in [0.3, 0.4) is 0 Å². The van der Waals surface area contributed by atoms with Crippen LogP contribution in [0.4, 0.5) is 13.2 Å². The summed E-state index contributed by atoms with van der Waals surface area (Å²) in [6.45, 7) is 8.41. The Bertz CT molecular complexity index is 902. The van der Waals surface area contributed by atoms with Crippen molar-refractivity contribution >= 4 is 11.7 Å². The van der Waals surface area contributed by atoms with E-state index in [9.17, 15) is 18.0 Å². The summed E-state index contributed by atoms with van der Waals surface area (Å²) in [6, 6.07) is 9.83. The zero-order chi connectivity index (χ0) is 22.8. The molecule has 0 radical (unpaired) electrons. The molecule has 0 aliphatic carbocycles. The Morgan fingerprint density at radius 2 is 1.71 bits per heavy atom. The molecular weight excluding hydrogens is 405 g/mol. The van der Waals surface area contributed by atoms with E-state index in [-0.39, 0.29) is 24.8 Å². The highest BCUT2D eigenvalue weighted by molar-refractivity contribution is 5.90. The van der Waals surface area contributed by atoms with E-state index in [1.807, 2.05) is 11.9 Å². The summed E-state index contributed by atoms with van der Waals surface area (Å²) in [4.78, 5) is 20.8. The fourth-order valence-electron chi connectivity index (χ4n) is 3.00. The van der Waals surface area contributed by atoms with E-state index in [1.165, 1.54) is 18.2 Å². The second kappa shape index (κ2) is 11.9. The number of likely N-dealkylation sites (N-methyl/N-ethyl adjacent to an activating group) is 1.